The molecule has 0 aromatic heterocycles. The van der Waals surface area contributed by atoms with Crippen LogP contribution in [0.1, 0.15) is 45.6 Å². The van der Waals surface area contributed by atoms with Crippen molar-refractivity contribution in [3.05, 3.63) is 28.8 Å². The molecule has 20 heavy (non-hydrogen) atoms. The van der Waals surface area contributed by atoms with Gasteiger partial charge < -0.3 is 10.1 Å². The van der Waals surface area contributed by atoms with E-state index in [1.807, 2.05) is 18.2 Å². The lowest BCUT2D eigenvalue weighted by Gasteiger charge is -2.55. The molecule has 0 bridgehead atoms. The minimum atomic E-state index is 0.255. The molecule has 1 N–H and O–H groups in total. The second-order valence-corrected chi connectivity index (χ2v) is 6.24. The number of benzene rings is 1. The monoisotopic (exact) mass is 295 g/mol. The molecular formula is C17H26ClNO. The van der Waals surface area contributed by atoms with Crippen LogP contribution in [0.25, 0.3) is 0 Å². The third kappa shape index (κ3) is 2.68. The number of nitrogens with one attached hydrogen (secondary N) is 1. The van der Waals surface area contributed by atoms with Crippen LogP contribution in [-0.2, 0) is 0 Å². The fourth-order valence-electron chi connectivity index (χ4n) is 3.50. The lowest BCUT2D eigenvalue weighted by Crippen LogP contribution is -2.64. The third-order valence-corrected chi connectivity index (χ3v) is 5.21. The maximum Gasteiger partial charge on any atom is 0.124 e. The maximum absolute atomic E-state index is 6.31. The summed E-state index contributed by atoms with van der Waals surface area (Å²) in [6.45, 7) is 9.81. The van der Waals surface area contributed by atoms with Crippen molar-refractivity contribution < 1.29 is 4.74 Å². The molecule has 0 radical (unpaired) electrons. The molecule has 0 amide bonds. The fourth-order valence-corrected chi connectivity index (χ4v) is 3.66. The van der Waals surface area contributed by atoms with Crippen molar-refractivity contribution in [2.45, 2.75) is 59.1 Å². The Morgan fingerprint density at radius 2 is 2.00 bits per heavy atom. The van der Waals surface area contributed by atoms with Crippen LogP contribution in [0.3, 0.4) is 0 Å². The first-order valence-electron chi connectivity index (χ1n) is 7.73. The zero-order chi connectivity index (χ0) is 14.8. The van der Waals surface area contributed by atoms with E-state index in [1.165, 1.54) is 0 Å². The first-order chi connectivity index (χ1) is 9.57. The zero-order valence-electron chi connectivity index (χ0n) is 13.0. The van der Waals surface area contributed by atoms with Gasteiger partial charge in [-0.05, 0) is 44.0 Å². The first-order valence-corrected chi connectivity index (χ1v) is 8.11. The average Bonchev–Trinajstić information content (AvgIpc) is 2.43. The van der Waals surface area contributed by atoms with Gasteiger partial charge in [-0.2, -0.15) is 0 Å². The van der Waals surface area contributed by atoms with Crippen molar-refractivity contribution in [1.29, 1.82) is 0 Å². The van der Waals surface area contributed by atoms with Crippen LogP contribution in [0.2, 0.25) is 5.02 Å². The van der Waals surface area contributed by atoms with Crippen LogP contribution in [0.4, 0.5) is 0 Å². The van der Waals surface area contributed by atoms with Gasteiger partial charge in [0.1, 0.15) is 11.9 Å². The number of aryl methyl sites for hydroxylation is 1. The number of ether oxygens (including phenoxy) is 1. The summed E-state index contributed by atoms with van der Waals surface area (Å²) >= 11 is 6.09. The quantitative estimate of drug-likeness (QED) is 0.829. The summed E-state index contributed by atoms with van der Waals surface area (Å²) in [5, 5.41) is 4.35. The van der Waals surface area contributed by atoms with E-state index in [4.69, 9.17) is 16.3 Å². The Bertz CT molecular complexity index is 456. The fraction of sp³-hybridized carbons (Fsp3) is 0.647. The SMILES string of the molecule is CCNC1CC(Oc2cc(Cl)ccc2C)C1(CC)CC. The van der Waals surface area contributed by atoms with E-state index in [-0.39, 0.29) is 5.41 Å². The topological polar surface area (TPSA) is 21.3 Å². The lowest BCUT2D eigenvalue weighted by atomic mass is 9.58. The van der Waals surface area contributed by atoms with Gasteiger partial charge in [0.25, 0.3) is 0 Å². The van der Waals surface area contributed by atoms with Gasteiger partial charge in [0.15, 0.2) is 0 Å². The highest BCUT2D eigenvalue weighted by Crippen LogP contribution is 2.49. The molecule has 1 aliphatic carbocycles. The lowest BCUT2D eigenvalue weighted by molar-refractivity contribution is -0.0856. The van der Waals surface area contributed by atoms with Crippen molar-refractivity contribution in [3.8, 4) is 5.75 Å². The van der Waals surface area contributed by atoms with E-state index in [0.717, 1.165) is 42.1 Å². The van der Waals surface area contributed by atoms with Gasteiger partial charge >= 0.3 is 0 Å². The average molecular weight is 296 g/mol. The summed E-state index contributed by atoms with van der Waals surface area (Å²) in [7, 11) is 0. The van der Waals surface area contributed by atoms with E-state index in [2.05, 4.69) is 33.0 Å². The number of halogens is 1. The van der Waals surface area contributed by atoms with Gasteiger partial charge in [-0.3, -0.25) is 0 Å². The molecule has 2 atom stereocenters. The molecule has 0 saturated heterocycles. The second-order valence-electron chi connectivity index (χ2n) is 5.80. The molecular weight excluding hydrogens is 270 g/mol. The number of hydrogen-bond donors (Lipinski definition) is 1. The predicted octanol–water partition coefficient (Wildman–Crippen LogP) is 4.58. The Morgan fingerprint density at radius 3 is 2.60 bits per heavy atom. The molecule has 1 aliphatic rings. The van der Waals surface area contributed by atoms with Crippen LogP contribution >= 0.6 is 11.6 Å². The van der Waals surface area contributed by atoms with E-state index in [1.54, 1.807) is 0 Å². The Balaban J connectivity index is 2.15. The molecule has 2 unspecified atom stereocenters. The number of hydrogen-bond acceptors (Lipinski definition) is 2. The van der Waals surface area contributed by atoms with Crippen molar-refractivity contribution >= 4 is 11.6 Å². The van der Waals surface area contributed by atoms with Crippen LogP contribution < -0.4 is 10.1 Å². The first kappa shape index (κ1) is 15.7. The standard InChI is InChI=1S/C17H26ClNO/c1-5-17(6-2)15(19-7-3)11-16(17)20-14-10-13(18)9-8-12(14)4/h8-10,15-16,19H,5-7,11H2,1-4H3. The van der Waals surface area contributed by atoms with E-state index < -0.39 is 0 Å². The molecule has 0 aliphatic heterocycles. The molecule has 1 aromatic rings. The van der Waals surface area contributed by atoms with Gasteiger partial charge in [0.2, 0.25) is 0 Å². The van der Waals surface area contributed by atoms with Gasteiger partial charge in [-0.1, -0.05) is 38.4 Å². The molecule has 1 aromatic carbocycles. The minimum absolute atomic E-state index is 0.255. The van der Waals surface area contributed by atoms with Crippen LogP contribution in [0, 0.1) is 12.3 Å². The molecule has 112 valence electrons. The Labute approximate surface area is 127 Å². The van der Waals surface area contributed by atoms with Crippen molar-refractivity contribution in [1.82, 2.24) is 5.32 Å². The third-order valence-electron chi connectivity index (χ3n) is 4.97. The highest BCUT2D eigenvalue weighted by molar-refractivity contribution is 6.30. The molecule has 2 rings (SSSR count). The van der Waals surface area contributed by atoms with Gasteiger partial charge in [-0.25, -0.2) is 0 Å². The molecule has 0 spiro atoms. The molecule has 2 nitrogen and oxygen atoms in total. The summed E-state index contributed by atoms with van der Waals surface area (Å²) in [4.78, 5) is 0. The van der Waals surface area contributed by atoms with Crippen LogP contribution in [-0.4, -0.2) is 18.7 Å². The zero-order valence-corrected chi connectivity index (χ0v) is 13.8. The normalized spacial score (nSPS) is 24.2. The van der Waals surface area contributed by atoms with Gasteiger partial charge in [-0.15, -0.1) is 0 Å². The van der Waals surface area contributed by atoms with E-state index >= 15 is 0 Å². The largest absolute Gasteiger partial charge is 0.489 e. The molecule has 1 saturated carbocycles. The van der Waals surface area contributed by atoms with Crippen LogP contribution in [0.5, 0.6) is 5.75 Å². The smallest absolute Gasteiger partial charge is 0.124 e. The summed E-state index contributed by atoms with van der Waals surface area (Å²) in [6.07, 6.45) is 3.66. The predicted molar refractivity (Wildman–Crippen MR) is 85.7 cm³/mol. The van der Waals surface area contributed by atoms with E-state index in [0.29, 0.717) is 12.1 Å². The summed E-state index contributed by atoms with van der Waals surface area (Å²) in [6, 6.07) is 6.45. The van der Waals surface area contributed by atoms with Crippen LogP contribution in [0.15, 0.2) is 18.2 Å². The summed E-state index contributed by atoms with van der Waals surface area (Å²) in [5.41, 5.74) is 1.41. The molecule has 3 heteroatoms. The highest BCUT2D eigenvalue weighted by Gasteiger charge is 2.53. The van der Waals surface area contributed by atoms with Gasteiger partial charge in [0.05, 0.1) is 0 Å². The number of rotatable bonds is 6. The Morgan fingerprint density at radius 1 is 1.30 bits per heavy atom. The second kappa shape index (κ2) is 6.36. The summed E-state index contributed by atoms with van der Waals surface area (Å²) < 4.78 is 6.31. The summed E-state index contributed by atoms with van der Waals surface area (Å²) in [5.74, 6) is 0.934. The maximum atomic E-state index is 6.31. The minimum Gasteiger partial charge on any atom is -0.489 e. The molecule has 0 heterocycles. The molecule has 1 fully saturated rings. The highest BCUT2D eigenvalue weighted by atomic mass is 35.5. The van der Waals surface area contributed by atoms with Gasteiger partial charge in [0, 0.05) is 22.9 Å². The van der Waals surface area contributed by atoms with E-state index in [9.17, 15) is 0 Å². The van der Waals surface area contributed by atoms with Crippen molar-refractivity contribution in [2.75, 3.05) is 6.54 Å². The van der Waals surface area contributed by atoms with Crippen molar-refractivity contribution in [2.24, 2.45) is 5.41 Å². The Kier molecular flexibility index (Phi) is 4.98. The Hall–Kier alpha value is -0.730. The van der Waals surface area contributed by atoms with Crippen molar-refractivity contribution in [3.63, 3.8) is 0 Å².